The fourth-order valence-electron chi connectivity index (χ4n) is 1.76. The molecule has 0 aliphatic heterocycles. The number of hydrogen-bond acceptors (Lipinski definition) is 5. The normalized spacial score (nSPS) is 11.0. The van der Waals surface area contributed by atoms with E-state index in [9.17, 15) is 4.79 Å². The molecule has 0 radical (unpaired) electrons. The van der Waals surface area contributed by atoms with Crippen LogP contribution in [-0.2, 0) is 0 Å². The third-order valence-electron chi connectivity index (χ3n) is 2.87. The number of carbonyl (C=O) groups excluding carboxylic acids is 1. The van der Waals surface area contributed by atoms with Crippen molar-refractivity contribution in [3.05, 3.63) is 35.9 Å². The van der Waals surface area contributed by atoms with Gasteiger partial charge in [-0.2, -0.15) is 10.2 Å². The van der Waals surface area contributed by atoms with Gasteiger partial charge in [0, 0.05) is 29.4 Å². The number of amides is 1. The van der Waals surface area contributed by atoms with Gasteiger partial charge in [-0.15, -0.1) is 11.3 Å². The van der Waals surface area contributed by atoms with Crippen molar-refractivity contribution in [3.63, 3.8) is 0 Å². The van der Waals surface area contributed by atoms with Crippen LogP contribution in [0.3, 0.4) is 0 Å². The number of anilines is 1. The minimum absolute atomic E-state index is 0.246. The number of carbonyl (C=O) groups is 1. The second-order valence-corrected chi connectivity index (χ2v) is 5.64. The van der Waals surface area contributed by atoms with E-state index in [4.69, 9.17) is 0 Å². The van der Waals surface area contributed by atoms with E-state index in [1.54, 1.807) is 34.8 Å². The van der Waals surface area contributed by atoms with Crippen LogP contribution >= 0.6 is 11.3 Å². The maximum absolute atomic E-state index is 12.1. The molecule has 8 heteroatoms. The van der Waals surface area contributed by atoms with Crippen LogP contribution < -0.4 is 5.32 Å². The van der Waals surface area contributed by atoms with Crippen LogP contribution in [0.4, 0.5) is 5.69 Å². The van der Waals surface area contributed by atoms with Crippen molar-refractivity contribution in [1.82, 2.24) is 25.0 Å². The molecule has 0 fully saturated rings. The van der Waals surface area contributed by atoms with Crippen LogP contribution in [0, 0.1) is 0 Å². The Morgan fingerprint density at radius 2 is 2.29 bits per heavy atom. The van der Waals surface area contributed by atoms with Crippen LogP contribution in [0.25, 0.3) is 10.6 Å². The zero-order valence-electron chi connectivity index (χ0n) is 11.6. The monoisotopic (exact) mass is 302 g/mol. The van der Waals surface area contributed by atoms with E-state index in [1.165, 1.54) is 11.3 Å². The molecule has 0 bridgehead atoms. The molecule has 0 unspecified atom stereocenters. The van der Waals surface area contributed by atoms with E-state index in [2.05, 4.69) is 25.6 Å². The minimum Gasteiger partial charge on any atom is -0.318 e. The van der Waals surface area contributed by atoms with Gasteiger partial charge in [-0.25, -0.2) is 4.98 Å². The lowest BCUT2D eigenvalue weighted by Gasteiger charge is -2.03. The van der Waals surface area contributed by atoms with Gasteiger partial charge in [0.2, 0.25) is 0 Å². The van der Waals surface area contributed by atoms with Gasteiger partial charge in [-0.3, -0.25) is 14.6 Å². The average Bonchev–Trinajstić information content (AvgIpc) is 3.19. The lowest BCUT2D eigenvalue weighted by atomic mass is 10.4. The Balaban J connectivity index is 1.73. The van der Waals surface area contributed by atoms with Gasteiger partial charge in [0.25, 0.3) is 5.91 Å². The topological polar surface area (TPSA) is 88.5 Å². The maximum atomic E-state index is 12.1. The lowest BCUT2D eigenvalue weighted by molar-refractivity contribution is 0.102. The van der Waals surface area contributed by atoms with Crippen molar-refractivity contribution in [3.8, 4) is 10.6 Å². The van der Waals surface area contributed by atoms with Gasteiger partial charge in [0.15, 0.2) is 0 Å². The Morgan fingerprint density at radius 3 is 2.95 bits per heavy atom. The van der Waals surface area contributed by atoms with Crippen molar-refractivity contribution in [2.24, 2.45) is 0 Å². The summed E-state index contributed by atoms with van der Waals surface area (Å²) in [5.74, 6) is -0.246. The van der Waals surface area contributed by atoms with Crippen LogP contribution in [0.2, 0.25) is 0 Å². The van der Waals surface area contributed by atoms with E-state index < -0.39 is 0 Å². The van der Waals surface area contributed by atoms with Crippen LogP contribution in [0.1, 0.15) is 30.4 Å². The third kappa shape index (κ3) is 2.84. The fraction of sp³-hybridized carbons (Fsp3) is 0.231. The first-order chi connectivity index (χ1) is 10.1. The Labute approximate surface area is 125 Å². The first-order valence-electron chi connectivity index (χ1n) is 6.43. The summed E-state index contributed by atoms with van der Waals surface area (Å²) in [5, 5.41) is 16.0. The number of rotatable bonds is 4. The van der Waals surface area contributed by atoms with Gasteiger partial charge >= 0.3 is 0 Å². The molecule has 3 rings (SSSR count). The lowest BCUT2D eigenvalue weighted by Crippen LogP contribution is -2.11. The van der Waals surface area contributed by atoms with Gasteiger partial charge in [-0.05, 0) is 13.8 Å². The summed E-state index contributed by atoms with van der Waals surface area (Å²) in [6, 6.07) is 0.252. The highest BCUT2D eigenvalue weighted by atomic mass is 32.1. The SMILES string of the molecule is CC(C)n1cc(NC(=O)c2csc(-c3cn[nH]c3)n2)cn1. The average molecular weight is 302 g/mol. The van der Waals surface area contributed by atoms with Crippen molar-refractivity contribution in [2.75, 3.05) is 5.32 Å². The highest BCUT2D eigenvalue weighted by Crippen LogP contribution is 2.22. The molecule has 0 aromatic carbocycles. The molecule has 0 spiro atoms. The Morgan fingerprint density at radius 1 is 1.43 bits per heavy atom. The molecule has 3 heterocycles. The molecule has 7 nitrogen and oxygen atoms in total. The molecule has 0 saturated carbocycles. The van der Waals surface area contributed by atoms with Crippen molar-refractivity contribution >= 4 is 22.9 Å². The molecule has 3 aromatic rings. The number of thiazole rings is 1. The largest absolute Gasteiger partial charge is 0.318 e. The summed E-state index contributed by atoms with van der Waals surface area (Å²) in [7, 11) is 0. The van der Waals surface area contributed by atoms with Crippen molar-refractivity contribution in [1.29, 1.82) is 0 Å². The quantitative estimate of drug-likeness (QED) is 0.775. The molecule has 0 aliphatic rings. The zero-order valence-corrected chi connectivity index (χ0v) is 12.4. The summed E-state index contributed by atoms with van der Waals surface area (Å²) in [4.78, 5) is 16.5. The van der Waals surface area contributed by atoms with E-state index >= 15 is 0 Å². The molecule has 21 heavy (non-hydrogen) atoms. The number of hydrogen-bond donors (Lipinski definition) is 2. The summed E-state index contributed by atoms with van der Waals surface area (Å²) < 4.78 is 1.79. The summed E-state index contributed by atoms with van der Waals surface area (Å²) in [5.41, 5.74) is 1.91. The molecule has 108 valence electrons. The predicted octanol–water partition coefficient (Wildman–Crippen LogP) is 2.56. The van der Waals surface area contributed by atoms with Gasteiger partial charge in [-0.1, -0.05) is 0 Å². The van der Waals surface area contributed by atoms with E-state index in [1.807, 2.05) is 13.8 Å². The van der Waals surface area contributed by atoms with E-state index in [0.29, 0.717) is 11.4 Å². The Bertz CT molecular complexity index is 742. The Kier molecular flexibility index (Phi) is 3.53. The fourth-order valence-corrected chi connectivity index (χ4v) is 2.54. The molecular formula is C13H14N6OS. The van der Waals surface area contributed by atoms with Crippen LogP contribution in [-0.4, -0.2) is 30.9 Å². The number of aromatic nitrogens is 5. The second-order valence-electron chi connectivity index (χ2n) is 4.78. The number of aromatic amines is 1. The van der Waals surface area contributed by atoms with Gasteiger partial charge < -0.3 is 5.32 Å². The predicted molar refractivity (Wildman–Crippen MR) is 80.3 cm³/mol. The number of nitrogens with zero attached hydrogens (tertiary/aromatic N) is 4. The third-order valence-corrected chi connectivity index (χ3v) is 3.76. The van der Waals surface area contributed by atoms with Crippen molar-refractivity contribution in [2.45, 2.75) is 19.9 Å². The van der Waals surface area contributed by atoms with Crippen molar-refractivity contribution < 1.29 is 4.79 Å². The zero-order chi connectivity index (χ0) is 14.8. The number of H-pyrrole nitrogens is 1. The standard InChI is InChI=1S/C13H14N6OS/c1-8(2)19-6-10(5-16-19)17-12(20)11-7-21-13(18-11)9-3-14-15-4-9/h3-8H,1-2H3,(H,14,15)(H,17,20). The van der Waals surface area contributed by atoms with Gasteiger partial charge in [0.1, 0.15) is 10.7 Å². The maximum Gasteiger partial charge on any atom is 0.275 e. The molecule has 0 saturated heterocycles. The highest BCUT2D eigenvalue weighted by molar-refractivity contribution is 7.13. The Hall–Kier alpha value is -2.48. The number of nitrogens with one attached hydrogen (secondary N) is 2. The van der Waals surface area contributed by atoms with E-state index in [-0.39, 0.29) is 11.9 Å². The minimum atomic E-state index is -0.246. The summed E-state index contributed by atoms with van der Waals surface area (Å²) in [6.45, 7) is 4.05. The van der Waals surface area contributed by atoms with Gasteiger partial charge in [0.05, 0.1) is 18.1 Å². The molecule has 0 aliphatic carbocycles. The second kappa shape index (κ2) is 5.49. The molecule has 3 aromatic heterocycles. The smallest absolute Gasteiger partial charge is 0.275 e. The summed E-state index contributed by atoms with van der Waals surface area (Å²) in [6.07, 6.45) is 6.84. The van der Waals surface area contributed by atoms with Crippen LogP contribution in [0.15, 0.2) is 30.2 Å². The molecular weight excluding hydrogens is 288 g/mol. The first-order valence-corrected chi connectivity index (χ1v) is 7.31. The molecule has 2 N–H and O–H groups in total. The molecule has 0 atom stereocenters. The van der Waals surface area contributed by atoms with E-state index in [0.717, 1.165) is 10.6 Å². The highest BCUT2D eigenvalue weighted by Gasteiger charge is 2.13. The molecule has 1 amide bonds. The summed E-state index contributed by atoms with van der Waals surface area (Å²) >= 11 is 1.40. The first kappa shape index (κ1) is 13.5. The van der Waals surface area contributed by atoms with Crippen LogP contribution in [0.5, 0.6) is 0 Å².